The van der Waals surface area contributed by atoms with Gasteiger partial charge in [0.05, 0.1) is 6.61 Å². The molecule has 0 fully saturated rings. The fraction of sp³-hybridized carbons (Fsp3) is 0.160. The van der Waals surface area contributed by atoms with Gasteiger partial charge in [0.15, 0.2) is 11.9 Å². The molecule has 0 amide bonds. The number of aliphatic hydroxyl groups is 3. The van der Waals surface area contributed by atoms with Gasteiger partial charge in [0.25, 0.3) is 0 Å². The lowest BCUT2D eigenvalue weighted by Crippen LogP contribution is -2.39. The number of benzene rings is 3. The van der Waals surface area contributed by atoms with E-state index in [9.17, 15) is 20.1 Å². The van der Waals surface area contributed by atoms with Gasteiger partial charge in [-0.05, 0) is 16.7 Å². The summed E-state index contributed by atoms with van der Waals surface area (Å²) >= 11 is 0. The highest BCUT2D eigenvalue weighted by Gasteiger charge is 2.42. The molecule has 158 valence electrons. The molecule has 1 aliphatic heterocycles. The molecular weight excluding hydrogens is 396 g/mol. The number of hydrogen-bond donors (Lipinski definition) is 3. The van der Waals surface area contributed by atoms with Gasteiger partial charge in [-0.3, -0.25) is 0 Å². The molecule has 3 aromatic rings. The largest absolute Gasteiger partial charge is 0.505 e. The molecule has 6 heteroatoms. The Labute approximate surface area is 179 Å². The van der Waals surface area contributed by atoms with Gasteiger partial charge in [-0.2, -0.15) is 0 Å². The predicted octanol–water partition coefficient (Wildman–Crippen LogP) is 3.61. The molecule has 0 saturated carbocycles. The van der Waals surface area contributed by atoms with Crippen molar-refractivity contribution >= 4 is 5.97 Å². The summed E-state index contributed by atoms with van der Waals surface area (Å²) in [6.45, 7) is -0.284. The van der Waals surface area contributed by atoms with Gasteiger partial charge >= 0.3 is 5.97 Å². The summed E-state index contributed by atoms with van der Waals surface area (Å²) in [6.07, 6.45) is -2.79. The Morgan fingerprint density at radius 2 is 1.23 bits per heavy atom. The Kier molecular flexibility index (Phi) is 5.75. The Morgan fingerprint density at radius 1 is 0.806 bits per heavy atom. The van der Waals surface area contributed by atoms with Crippen molar-refractivity contribution in [3.05, 3.63) is 119 Å². The van der Waals surface area contributed by atoms with Gasteiger partial charge in [0.2, 0.25) is 5.76 Å². The van der Waals surface area contributed by atoms with E-state index in [0.717, 1.165) is 16.7 Å². The second kappa shape index (κ2) is 8.63. The SMILES string of the molecule is O=C1O[C@H]([C@@H](O)COC(c2ccccc2)(c2ccccc2)c2ccccc2)C(O)=C1O. The lowest BCUT2D eigenvalue weighted by Gasteiger charge is -2.37. The smallest absolute Gasteiger partial charge is 0.377 e. The Balaban J connectivity index is 1.77. The first-order chi connectivity index (χ1) is 15.0. The number of rotatable bonds is 7. The van der Waals surface area contributed by atoms with Gasteiger partial charge in [0, 0.05) is 0 Å². The molecule has 3 aromatic carbocycles. The molecule has 0 spiro atoms. The summed E-state index contributed by atoms with van der Waals surface area (Å²) in [7, 11) is 0. The molecule has 1 aliphatic rings. The van der Waals surface area contributed by atoms with Crippen LogP contribution in [0, 0.1) is 0 Å². The molecule has 31 heavy (non-hydrogen) atoms. The number of ether oxygens (including phenoxy) is 2. The number of aliphatic hydroxyl groups excluding tert-OH is 3. The third kappa shape index (κ3) is 3.79. The van der Waals surface area contributed by atoms with Crippen molar-refractivity contribution in [2.45, 2.75) is 17.8 Å². The van der Waals surface area contributed by atoms with E-state index in [1.807, 2.05) is 91.0 Å². The first kappa shape index (κ1) is 20.7. The average molecular weight is 418 g/mol. The van der Waals surface area contributed by atoms with Crippen LogP contribution in [0.3, 0.4) is 0 Å². The van der Waals surface area contributed by atoms with Crippen LogP contribution in [0.25, 0.3) is 0 Å². The Morgan fingerprint density at radius 3 is 1.58 bits per heavy atom. The first-order valence-electron chi connectivity index (χ1n) is 9.85. The topological polar surface area (TPSA) is 96.2 Å². The second-order valence-corrected chi connectivity index (χ2v) is 7.22. The molecule has 2 atom stereocenters. The second-order valence-electron chi connectivity index (χ2n) is 7.22. The molecular formula is C25H22O6. The molecule has 1 heterocycles. The minimum atomic E-state index is -1.40. The van der Waals surface area contributed by atoms with Crippen LogP contribution in [-0.4, -0.2) is 40.1 Å². The minimum Gasteiger partial charge on any atom is -0.505 e. The maximum Gasteiger partial charge on any atom is 0.377 e. The quantitative estimate of drug-likeness (QED) is 0.401. The van der Waals surface area contributed by atoms with Gasteiger partial charge < -0.3 is 24.8 Å². The summed E-state index contributed by atoms with van der Waals surface area (Å²) in [4.78, 5) is 11.5. The van der Waals surface area contributed by atoms with Crippen LogP contribution in [0.15, 0.2) is 103 Å². The number of cyclic esters (lactones) is 1. The number of carbonyl (C=O) groups excluding carboxylic acids is 1. The minimum absolute atomic E-state index is 0.284. The van der Waals surface area contributed by atoms with Gasteiger partial charge in [-0.25, -0.2) is 4.79 Å². The van der Waals surface area contributed by atoms with Crippen LogP contribution in [0.2, 0.25) is 0 Å². The lowest BCUT2D eigenvalue weighted by atomic mass is 9.80. The van der Waals surface area contributed by atoms with Crippen molar-refractivity contribution in [3.63, 3.8) is 0 Å². The van der Waals surface area contributed by atoms with Crippen LogP contribution in [0.5, 0.6) is 0 Å². The fourth-order valence-corrected chi connectivity index (χ4v) is 3.79. The van der Waals surface area contributed by atoms with Crippen LogP contribution in [-0.2, 0) is 19.9 Å². The maximum atomic E-state index is 11.5. The molecule has 0 unspecified atom stereocenters. The van der Waals surface area contributed by atoms with Crippen molar-refractivity contribution < 1.29 is 29.6 Å². The molecule has 3 N–H and O–H groups in total. The van der Waals surface area contributed by atoms with E-state index >= 15 is 0 Å². The average Bonchev–Trinajstić information content (AvgIpc) is 3.09. The van der Waals surface area contributed by atoms with Gasteiger partial charge in [-0.15, -0.1) is 0 Å². The van der Waals surface area contributed by atoms with Gasteiger partial charge in [-0.1, -0.05) is 91.0 Å². The highest BCUT2D eigenvalue weighted by atomic mass is 16.6. The fourth-order valence-electron chi connectivity index (χ4n) is 3.79. The summed E-state index contributed by atoms with van der Waals surface area (Å²) in [5.74, 6) is -2.68. The molecule has 6 nitrogen and oxygen atoms in total. The number of esters is 1. The Hall–Kier alpha value is -3.61. The van der Waals surface area contributed by atoms with Crippen LogP contribution in [0.1, 0.15) is 16.7 Å². The molecule has 0 aromatic heterocycles. The van der Waals surface area contributed by atoms with Gasteiger partial charge in [0.1, 0.15) is 11.7 Å². The van der Waals surface area contributed by atoms with Crippen molar-refractivity contribution in [2.24, 2.45) is 0 Å². The number of hydrogen-bond acceptors (Lipinski definition) is 6. The van der Waals surface area contributed by atoms with Crippen molar-refractivity contribution in [2.75, 3.05) is 6.61 Å². The predicted molar refractivity (Wildman–Crippen MR) is 113 cm³/mol. The molecule has 0 bridgehead atoms. The molecule has 0 saturated heterocycles. The summed E-state index contributed by atoms with van der Waals surface area (Å²) < 4.78 is 11.3. The first-order valence-corrected chi connectivity index (χ1v) is 9.85. The van der Waals surface area contributed by atoms with Crippen molar-refractivity contribution in [1.82, 2.24) is 0 Å². The molecule has 0 radical (unpaired) electrons. The zero-order valence-electron chi connectivity index (χ0n) is 16.6. The van der Waals surface area contributed by atoms with E-state index in [1.165, 1.54) is 0 Å². The zero-order chi connectivity index (χ0) is 21.8. The zero-order valence-corrected chi connectivity index (χ0v) is 16.6. The van der Waals surface area contributed by atoms with E-state index < -0.39 is 35.3 Å². The summed E-state index contributed by atoms with van der Waals surface area (Å²) in [6, 6.07) is 28.8. The van der Waals surface area contributed by atoms with Crippen LogP contribution < -0.4 is 0 Å². The highest BCUT2D eigenvalue weighted by Crippen LogP contribution is 2.40. The lowest BCUT2D eigenvalue weighted by molar-refractivity contribution is -0.150. The standard InChI is InChI=1S/C25H22O6/c26-20(23-21(27)22(28)24(29)31-23)16-30-25(17-10-4-1-5-11-17,18-12-6-2-7-13-18)19-14-8-3-9-15-19/h1-15,20,23,26-28H,16H2/t20-,23+/m0/s1. The van der Waals surface area contributed by atoms with Crippen LogP contribution in [0.4, 0.5) is 0 Å². The van der Waals surface area contributed by atoms with Crippen molar-refractivity contribution in [3.8, 4) is 0 Å². The monoisotopic (exact) mass is 418 g/mol. The van der Waals surface area contributed by atoms with Crippen LogP contribution >= 0.6 is 0 Å². The third-order valence-corrected chi connectivity index (χ3v) is 5.30. The highest BCUT2D eigenvalue weighted by molar-refractivity contribution is 5.89. The summed E-state index contributed by atoms with van der Waals surface area (Å²) in [5, 5.41) is 30.1. The number of carbonyl (C=O) groups is 1. The van der Waals surface area contributed by atoms with Crippen molar-refractivity contribution in [1.29, 1.82) is 0 Å². The maximum absolute atomic E-state index is 11.5. The normalized spacial score (nSPS) is 17.5. The van der Waals surface area contributed by atoms with E-state index in [4.69, 9.17) is 9.47 Å². The Bertz CT molecular complexity index is 966. The molecule has 0 aliphatic carbocycles. The molecule has 4 rings (SSSR count). The van der Waals surface area contributed by atoms with E-state index in [2.05, 4.69) is 0 Å². The van der Waals surface area contributed by atoms with E-state index in [1.54, 1.807) is 0 Å². The summed E-state index contributed by atoms with van der Waals surface area (Å²) in [5.41, 5.74) is 1.44. The van der Waals surface area contributed by atoms with E-state index in [-0.39, 0.29) is 6.61 Å². The third-order valence-electron chi connectivity index (χ3n) is 5.30. The van der Waals surface area contributed by atoms with E-state index in [0.29, 0.717) is 0 Å².